The number of hydrogen-bond acceptors (Lipinski definition) is 3. The van der Waals surface area contributed by atoms with E-state index in [1.807, 2.05) is 25.1 Å². The van der Waals surface area contributed by atoms with Gasteiger partial charge < -0.3 is 15.2 Å². The fraction of sp³-hybridized carbons (Fsp3) is 0.467. The normalized spacial score (nSPS) is 21.3. The van der Waals surface area contributed by atoms with Crippen LogP contribution < -0.4 is 10.4 Å². The third-order valence-electron chi connectivity index (χ3n) is 3.59. The lowest BCUT2D eigenvalue weighted by Crippen LogP contribution is -2.27. The molecule has 4 nitrogen and oxygen atoms in total. The maximum atomic E-state index is 11.8. The SMILES string of the molecule is Cc1cc(NC(=O)[C@@H]2C[C@@H]2C(=O)[O-])ccc1C(C)C. The van der Waals surface area contributed by atoms with Crippen molar-refractivity contribution in [3.8, 4) is 0 Å². The van der Waals surface area contributed by atoms with Crippen molar-refractivity contribution < 1.29 is 14.7 Å². The number of rotatable bonds is 4. The van der Waals surface area contributed by atoms with Gasteiger partial charge in [0.1, 0.15) is 0 Å². The molecule has 1 aromatic carbocycles. The van der Waals surface area contributed by atoms with Crippen LogP contribution in [0.1, 0.15) is 37.3 Å². The molecule has 102 valence electrons. The molecule has 1 N–H and O–H groups in total. The molecule has 1 aromatic rings. The Morgan fingerprint density at radius 2 is 2.00 bits per heavy atom. The van der Waals surface area contributed by atoms with Crippen molar-refractivity contribution in [2.24, 2.45) is 11.8 Å². The first-order valence-corrected chi connectivity index (χ1v) is 6.52. The Morgan fingerprint density at radius 1 is 1.32 bits per heavy atom. The van der Waals surface area contributed by atoms with E-state index in [0.29, 0.717) is 12.3 Å². The first kappa shape index (κ1) is 13.6. The van der Waals surface area contributed by atoms with Gasteiger partial charge in [0.2, 0.25) is 5.91 Å². The number of amides is 1. The Morgan fingerprint density at radius 3 is 2.47 bits per heavy atom. The summed E-state index contributed by atoms with van der Waals surface area (Å²) in [5.74, 6) is -1.97. The predicted molar refractivity (Wildman–Crippen MR) is 70.5 cm³/mol. The van der Waals surface area contributed by atoms with Gasteiger partial charge in [-0.15, -0.1) is 0 Å². The van der Waals surface area contributed by atoms with Crippen LogP contribution in [-0.2, 0) is 9.59 Å². The molecule has 1 aliphatic rings. The third kappa shape index (κ3) is 2.95. The lowest BCUT2D eigenvalue weighted by molar-refractivity contribution is -0.308. The van der Waals surface area contributed by atoms with Crippen LogP contribution in [0.2, 0.25) is 0 Å². The Labute approximate surface area is 112 Å². The highest BCUT2D eigenvalue weighted by molar-refractivity contribution is 5.98. The maximum absolute atomic E-state index is 11.8. The lowest BCUT2D eigenvalue weighted by atomic mass is 9.97. The monoisotopic (exact) mass is 260 g/mol. The van der Waals surface area contributed by atoms with Crippen LogP contribution in [0.4, 0.5) is 5.69 Å². The number of nitrogens with one attached hydrogen (secondary N) is 1. The molecule has 0 heterocycles. The summed E-state index contributed by atoms with van der Waals surface area (Å²) in [6, 6.07) is 5.78. The standard InChI is InChI=1S/C15H19NO3/c1-8(2)11-5-4-10(6-9(11)3)16-14(17)12-7-13(12)15(18)19/h4-6,8,12-13H,7H2,1-3H3,(H,16,17)(H,18,19)/p-1/t12-,13+/m1/s1. The molecule has 0 spiro atoms. The summed E-state index contributed by atoms with van der Waals surface area (Å²) < 4.78 is 0. The van der Waals surface area contributed by atoms with Gasteiger partial charge in [0, 0.05) is 23.5 Å². The highest BCUT2D eigenvalue weighted by Crippen LogP contribution is 2.38. The van der Waals surface area contributed by atoms with E-state index < -0.39 is 17.8 Å². The highest BCUT2D eigenvalue weighted by atomic mass is 16.4. The van der Waals surface area contributed by atoms with Gasteiger partial charge in [0.05, 0.1) is 0 Å². The van der Waals surface area contributed by atoms with Crippen molar-refractivity contribution in [1.82, 2.24) is 0 Å². The van der Waals surface area contributed by atoms with Crippen molar-refractivity contribution in [2.45, 2.75) is 33.1 Å². The zero-order chi connectivity index (χ0) is 14.2. The fourth-order valence-electron chi connectivity index (χ4n) is 2.38. The van der Waals surface area contributed by atoms with E-state index in [1.165, 1.54) is 5.56 Å². The quantitative estimate of drug-likeness (QED) is 0.890. The van der Waals surface area contributed by atoms with Gasteiger partial charge in [0.15, 0.2) is 0 Å². The summed E-state index contributed by atoms with van der Waals surface area (Å²) >= 11 is 0. The average Bonchev–Trinajstić information content (AvgIpc) is 3.08. The number of carbonyl (C=O) groups is 2. The van der Waals surface area contributed by atoms with Crippen molar-refractivity contribution in [3.63, 3.8) is 0 Å². The molecular formula is C15H18NO3-. The van der Waals surface area contributed by atoms with E-state index in [9.17, 15) is 14.7 Å². The number of aryl methyl sites for hydroxylation is 1. The molecule has 0 aliphatic heterocycles. The number of aliphatic carboxylic acids is 1. The van der Waals surface area contributed by atoms with E-state index in [4.69, 9.17) is 0 Å². The van der Waals surface area contributed by atoms with Crippen molar-refractivity contribution >= 4 is 17.6 Å². The molecule has 0 radical (unpaired) electrons. The second-order valence-electron chi connectivity index (χ2n) is 5.48. The van der Waals surface area contributed by atoms with Crippen LogP contribution in [-0.4, -0.2) is 11.9 Å². The van der Waals surface area contributed by atoms with Crippen LogP contribution in [0.3, 0.4) is 0 Å². The van der Waals surface area contributed by atoms with Gasteiger partial charge in [0.25, 0.3) is 0 Å². The van der Waals surface area contributed by atoms with Crippen LogP contribution >= 0.6 is 0 Å². The topological polar surface area (TPSA) is 69.2 Å². The summed E-state index contributed by atoms with van der Waals surface area (Å²) in [5, 5.41) is 13.4. The van der Waals surface area contributed by atoms with E-state index >= 15 is 0 Å². The number of carboxylic acids is 1. The number of hydrogen-bond donors (Lipinski definition) is 1. The Balaban J connectivity index is 2.02. The second kappa shape index (κ2) is 5.03. The first-order valence-electron chi connectivity index (χ1n) is 6.52. The van der Waals surface area contributed by atoms with Crippen molar-refractivity contribution in [3.05, 3.63) is 29.3 Å². The molecule has 0 saturated heterocycles. The van der Waals surface area contributed by atoms with Gasteiger partial charge in [-0.2, -0.15) is 0 Å². The Hall–Kier alpha value is -1.84. The maximum Gasteiger partial charge on any atom is 0.228 e. The van der Waals surface area contributed by atoms with Crippen LogP contribution in [0, 0.1) is 18.8 Å². The average molecular weight is 260 g/mol. The Kier molecular flexibility index (Phi) is 3.60. The summed E-state index contributed by atoms with van der Waals surface area (Å²) in [7, 11) is 0. The molecule has 0 bridgehead atoms. The van der Waals surface area contributed by atoms with Crippen LogP contribution in [0.15, 0.2) is 18.2 Å². The van der Waals surface area contributed by atoms with E-state index in [0.717, 1.165) is 11.3 Å². The number of benzene rings is 1. The largest absolute Gasteiger partial charge is 0.550 e. The lowest BCUT2D eigenvalue weighted by Gasteiger charge is -2.12. The van der Waals surface area contributed by atoms with E-state index in [1.54, 1.807) is 0 Å². The van der Waals surface area contributed by atoms with E-state index in [2.05, 4.69) is 19.2 Å². The van der Waals surface area contributed by atoms with Gasteiger partial charge in [-0.3, -0.25) is 4.79 Å². The summed E-state index contributed by atoms with van der Waals surface area (Å²) in [6.45, 7) is 6.25. The Bertz CT molecular complexity index is 522. The van der Waals surface area contributed by atoms with Gasteiger partial charge in [-0.25, -0.2) is 0 Å². The van der Waals surface area contributed by atoms with Gasteiger partial charge in [-0.1, -0.05) is 19.9 Å². The number of anilines is 1. The first-order chi connectivity index (χ1) is 8.90. The second-order valence-corrected chi connectivity index (χ2v) is 5.48. The summed E-state index contributed by atoms with van der Waals surface area (Å²) in [6.07, 6.45) is 0.386. The molecule has 0 aromatic heterocycles. The molecule has 0 unspecified atom stereocenters. The fourth-order valence-corrected chi connectivity index (χ4v) is 2.38. The molecule has 19 heavy (non-hydrogen) atoms. The predicted octanol–water partition coefficient (Wildman–Crippen LogP) is 1.44. The van der Waals surface area contributed by atoms with Gasteiger partial charge in [-0.05, 0) is 42.5 Å². The summed E-state index contributed by atoms with van der Waals surface area (Å²) in [5.41, 5.74) is 3.09. The third-order valence-corrected chi connectivity index (χ3v) is 3.59. The molecule has 1 fully saturated rings. The number of carboxylic acid groups (broad SMARTS) is 1. The molecule has 2 rings (SSSR count). The van der Waals surface area contributed by atoms with Crippen LogP contribution in [0.5, 0.6) is 0 Å². The molecular weight excluding hydrogens is 242 g/mol. The molecule has 4 heteroatoms. The molecule has 1 saturated carbocycles. The molecule has 1 aliphatic carbocycles. The zero-order valence-electron chi connectivity index (χ0n) is 11.4. The summed E-state index contributed by atoms with van der Waals surface area (Å²) in [4.78, 5) is 22.4. The minimum absolute atomic E-state index is 0.231. The van der Waals surface area contributed by atoms with Crippen molar-refractivity contribution in [1.29, 1.82) is 0 Å². The molecule has 1 amide bonds. The smallest absolute Gasteiger partial charge is 0.228 e. The van der Waals surface area contributed by atoms with Crippen molar-refractivity contribution in [2.75, 3.05) is 5.32 Å². The minimum atomic E-state index is -1.13. The molecule has 2 atom stereocenters. The number of carbonyl (C=O) groups excluding carboxylic acids is 2. The minimum Gasteiger partial charge on any atom is -0.550 e. The van der Waals surface area contributed by atoms with Crippen LogP contribution in [0.25, 0.3) is 0 Å². The van der Waals surface area contributed by atoms with Gasteiger partial charge >= 0.3 is 0 Å². The van der Waals surface area contributed by atoms with E-state index in [-0.39, 0.29) is 5.91 Å². The highest BCUT2D eigenvalue weighted by Gasteiger charge is 2.43. The zero-order valence-corrected chi connectivity index (χ0v) is 11.4.